The molecule has 5 rings (SSSR count). The summed E-state index contributed by atoms with van der Waals surface area (Å²) < 4.78 is 0. The van der Waals surface area contributed by atoms with Crippen LogP contribution < -0.4 is 9.80 Å². The van der Waals surface area contributed by atoms with Crippen molar-refractivity contribution in [3.8, 4) is 0 Å². The van der Waals surface area contributed by atoms with E-state index < -0.39 is 0 Å². The molecule has 28 heavy (non-hydrogen) atoms. The van der Waals surface area contributed by atoms with Gasteiger partial charge in [-0.3, -0.25) is 0 Å². The summed E-state index contributed by atoms with van der Waals surface area (Å²) in [4.78, 5) is 4.95. The fourth-order valence-electron chi connectivity index (χ4n) is 3.80. The minimum absolute atomic E-state index is 0.345. The minimum atomic E-state index is 0.345. The number of hydrogen-bond acceptors (Lipinski definition) is 2. The monoisotopic (exact) mass is 374 g/mol. The molecule has 0 aromatic heterocycles. The zero-order valence-electron chi connectivity index (χ0n) is 18.2. The fourth-order valence-corrected chi connectivity index (χ4v) is 3.80. The maximum Gasteiger partial charge on any atom is 0.115 e. The summed E-state index contributed by atoms with van der Waals surface area (Å²) in [6, 6.07) is 28.2. The van der Waals surface area contributed by atoms with E-state index in [0.29, 0.717) is 6.17 Å². The molecule has 0 spiro atoms. The first-order valence-corrected chi connectivity index (χ1v) is 10.7. The lowest BCUT2D eigenvalue weighted by Gasteiger charge is -2.27. The Morgan fingerprint density at radius 2 is 1.00 bits per heavy atom. The molecule has 2 nitrogen and oxygen atoms in total. The van der Waals surface area contributed by atoms with Crippen LogP contribution >= 0.6 is 0 Å². The van der Waals surface area contributed by atoms with Crippen molar-refractivity contribution in [3.05, 3.63) is 84.4 Å². The summed E-state index contributed by atoms with van der Waals surface area (Å²) in [5.74, 6) is 0. The van der Waals surface area contributed by atoms with Crippen LogP contribution in [-0.2, 0) is 6.42 Å². The summed E-state index contributed by atoms with van der Waals surface area (Å²) in [6.45, 7) is 12.0. The van der Waals surface area contributed by atoms with Gasteiger partial charge in [0.25, 0.3) is 0 Å². The van der Waals surface area contributed by atoms with E-state index in [1.165, 1.54) is 28.3 Å². The first-order chi connectivity index (χ1) is 13.9. The van der Waals surface area contributed by atoms with Gasteiger partial charge in [-0.1, -0.05) is 90.1 Å². The van der Waals surface area contributed by atoms with Gasteiger partial charge in [0.2, 0.25) is 0 Å². The number of anilines is 4. The Morgan fingerprint density at radius 1 is 0.536 bits per heavy atom. The van der Waals surface area contributed by atoms with Crippen LogP contribution in [0.3, 0.4) is 0 Å². The van der Waals surface area contributed by atoms with Crippen molar-refractivity contribution in [3.63, 3.8) is 0 Å². The SMILES string of the molecule is CC.CC.CC.c1ccc(N2c3ccccc3N3c4ccccc4CC23)cc1. The molecular formula is C26H34N2. The van der Waals surface area contributed by atoms with Crippen molar-refractivity contribution in [1.82, 2.24) is 0 Å². The predicted octanol–water partition coefficient (Wildman–Crippen LogP) is 7.94. The van der Waals surface area contributed by atoms with Gasteiger partial charge in [-0.2, -0.15) is 0 Å². The average molecular weight is 375 g/mol. The van der Waals surface area contributed by atoms with Crippen molar-refractivity contribution in [2.24, 2.45) is 0 Å². The molecule has 0 aliphatic carbocycles. The van der Waals surface area contributed by atoms with Crippen LogP contribution in [0.25, 0.3) is 0 Å². The molecule has 0 saturated carbocycles. The molecule has 0 N–H and O–H groups in total. The topological polar surface area (TPSA) is 6.48 Å². The Kier molecular flexibility index (Phi) is 8.13. The highest BCUT2D eigenvalue weighted by molar-refractivity contribution is 5.90. The van der Waals surface area contributed by atoms with Crippen LogP contribution in [0.5, 0.6) is 0 Å². The second kappa shape index (κ2) is 10.6. The maximum absolute atomic E-state index is 2.48. The predicted molar refractivity (Wildman–Crippen MR) is 125 cm³/mol. The lowest BCUT2D eigenvalue weighted by Crippen LogP contribution is -2.35. The summed E-state index contributed by atoms with van der Waals surface area (Å²) in [5, 5.41) is 0. The van der Waals surface area contributed by atoms with E-state index >= 15 is 0 Å². The first-order valence-electron chi connectivity index (χ1n) is 10.7. The molecular weight excluding hydrogens is 340 g/mol. The number of fused-ring (bicyclic) bond motifs is 5. The lowest BCUT2D eigenvalue weighted by atomic mass is 10.1. The van der Waals surface area contributed by atoms with E-state index in [-0.39, 0.29) is 0 Å². The number of nitrogens with zero attached hydrogens (tertiary/aromatic N) is 2. The van der Waals surface area contributed by atoms with Crippen molar-refractivity contribution in [1.29, 1.82) is 0 Å². The molecule has 3 aromatic carbocycles. The molecule has 2 aliphatic rings. The zero-order chi connectivity index (χ0) is 20.5. The Bertz CT molecular complexity index is 827. The van der Waals surface area contributed by atoms with Crippen LogP contribution in [0.15, 0.2) is 78.9 Å². The van der Waals surface area contributed by atoms with Crippen LogP contribution in [0, 0.1) is 0 Å². The third kappa shape index (κ3) is 3.77. The number of hydrogen-bond donors (Lipinski definition) is 0. The Hall–Kier alpha value is -2.74. The van der Waals surface area contributed by atoms with Crippen molar-refractivity contribution < 1.29 is 0 Å². The third-order valence-electron chi connectivity index (χ3n) is 4.68. The highest BCUT2D eigenvalue weighted by Gasteiger charge is 2.42. The summed E-state index contributed by atoms with van der Waals surface area (Å²) >= 11 is 0. The second-order valence-electron chi connectivity index (χ2n) is 5.88. The molecule has 2 heterocycles. The molecule has 0 radical (unpaired) electrons. The molecule has 0 saturated heterocycles. The van der Waals surface area contributed by atoms with Gasteiger partial charge in [-0.25, -0.2) is 0 Å². The van der Waals surface area contributed by atoms with Gasteiger partial charge in [0.15, 0.2) is 0 Å². The standard InChI is InChI=1S/C20H16N2.3C2H6/c1-2-9-16(10-3-1)21-18-12-6-7-13-19(18)22-17-11-5-4-8-15(17)14-20(21)22;3*1-2/h1-13,20H,14H2;3*1-2H3. The highest BCUT2D eigenvalue weighted by atomic mass is 15.4. The summed E-state index contributed by atoms with van der Waals surface area (Å²) in [6.07, 6.45) is 1.40. The largest absolute Gasteiger partial charge is 0.318 e. The Labute approximate surface area is 171 Å². The molecule has 148 valence electrons. The lowest BCUT2D eigenvalue weighted by molar-refractivity contribution is 0.729. The van der Waals surface area contributed by atoms with Gasteiger partial charge >= 0.3 is 0 Å². The van der Waals surface area contributed by atoms with Gasteiger partial charge in [0, 0.05) is 17.8 Å². The average Bonchev–Trinajstić information content (AvgIpc) is 3.33. The molecule has 2 heteroatoms. The maximum atomic E-state index is 2.48. The van der Waals surface area contributed by atoms with Crippen molar-refractivity contribution in [2.45, 2.75) is 54.1 Å². The van der Waals surface area contributed by atoms with Gasteiger partial charge in [-0.15, -0.1) is 0 Å². The molecule has 1 unspecified atom stereocenters. The van der Waals surface area contributed by atoms with E-state index in [9.17, 15) is 0 Å². The third-order valence-corrected chi connectivity index (χ3v) is 4.68. The first kappa shape index (κ1) is 21.6. The van der Waals surface area contributed by atoms with Crippen molar-refractivity contribution in [2.75, 3.05) is 9.80 Å². The van der Waals surface area contributed by atoms with E-state index in [1.54, 1.807) is 0 Å². The van der Waals surface area contributed by atoms with Crippen molar-refractivity contribution >= 4 is 22.7 Å². The molecule has 0 amide bonds. The summed E-state index contributed by atoms with van der Waals surface area (Å²) in [7, 11) is 0. The van der Waals surface area contributed by atoms with Gasteiger partial charge in [0.1, 0.15) is 6.17 Å². The Balaban J connectivity index is 0.000000430. The second-order valence-corrected chi connectivity index (χ2v) is 5.88. The molecule has 0 bridgehead atoms. The number of para-hydroxylation sites is 4. The van der Waals surface area contributed by atoms with E-state index in [0.717, 1.165) is 6.42 Å². The zero-order valence-corrected chi connectivity index (χ0v) is 18.2. The Morgan fingerprint density at radius 3 is 1.61 bits per heavy atom. The number of benzene rings is 3. The van der Waals surface area contributed by atoms with Gasteiger partial charge in [0.05, 0.1) is 11.4 Å². The highest BCUT2D eigenvalue weighted by Crippen LogP contribution is 2.52. The fraction of sp³-hybridized carbons (Fsp3) is 0.308. The smallest absolute Gasteiger partial charge is 0.115 e. The normalized spacial score (nSPS) is 14.9. The molecule has 0 fully saturated rings. The molecule has 2 aliphatic heterocycles. The van der Waals surface area contributed by atoms with E-state index in [1.807, 2.05) is 41.5 Å². The molecule has 3 aromatic rings. The minimum Gasteiger partial charge on any atom is -0.318 e. The van der Waals surface area contributed by atoms with Gasteiger partial charge < -0.3 is 9.80 Å². The summed E-state index contributed by atoms with van der Waals surface area (Å²) in [5.41, 5.74) is 6.64. The quantitative estimate of drug-likeness (QED) is 0.426. The molecule has 1 atom stereocenters. The van der Waals surface area contributed by atoms with E-state index in [2.05, 4.69) is 88.7 Å². The van der Waals surface area contributed by atoms with E-state index in [4.69, 9.17) is 0 Å². The number of rotatable bonds is 1. The van der Waals surface area contributed by atoms with Crippen LogP contribution in [0.4, 0.5) is 22.7 Å². The van der Waals surface area contributed by atoms with Crippen LogP contribution in [0.1, 0.15) is 47.1 Å². The van der Waals surface area contributed by atoms with Crippen LogP contribution in [0.2, 0.25) is 0 Å². The van der Waals surface area contributed by atoms with Crippen LogP contribution in [-0.4, -0.2) is 6.17 Å². The van der Waals surface area contributed by atoms with Gasteiger partial charge in [-0.05, 0) is 35.9 Å².